The Morgan fingerprint density at radius 1 is 1.39 bits per heavy atom. The molecule has 4 nitrogen and oxygen atoms in total. The second-order valence-electron chi connectivity index (χ2n) is 7.00. The predicted octanol–water partition coefficient (Wildman–Crippen LogP) is 2.95. The van der Waals surface area contributed by atoms with Gasteiger partial charge < -0.3 is 15.3 Å². The van der Waals surface area contributed by atoms with Crippen molar-refractivity contribution in [3.05, 3.63) is 29.8 Å². The quantitative estimate of drug-likeness (QED) is 0.813. The number of likely N-dealkylation sites (tertiary alicyclic amines) is 1. The van der Waals surface area contributed by atoms with Crippen molar-refractivity contribution in [1.29, 1.82) is 0 Å². The van der Waals surface area contributed by atoms with E-state index in [1.807, 2.05) is 12.1 Å². The first-order chi connectivity index (χ1) is 11.0. The topological polar surface area (TPSA) is 52.6 Å². The van der Waals surface area contributed by atoms with Gasteiger partial charge in [-0.15, -0.1) is 0 Å². The standard InChI is InChI=1S/C19H30N2O2/c1-15-5-4-12-21(13-15)14-16(2)20-19(23)7-3-6-17-8-10-18(22)11-9-17/h8-11,15-16,22H,3-7,12-14H2,1-2H3,(H,20,23). The number of benzene rings is 1. The van der Waals surface area contributed by atoms with E-state index < -0.39 is 0 Å². The Labute approximate surface area is 139 Å². The van der Waals surface area contributed by atoms with Crippen LogP contribution in [-0.4, -0.2) is 41.6 Å². The molecule has 1 saturated heterocycles. The van der Waals surface area contributed by atoms with E-state index in [2.05, 4.69) is 24.1 Å². The van der Waals surface area contributed by atoms with Crippen LogP contribution >= 0.6 is 0 Å². The zero-order valence-corrected chi connectivity index (χ0v) is 14.4. The van der Waals surface area contributed by atoms with Crippen molar-refractivity contribution < 1.29 is 9.90 Å². The van der Waals surface area contributed by atoms with Crippen molar-refractivity contribution in [2.45, 2.75) is 52.0 Å². The average Bonchev–Trinajstić information content (AvgIpc) is 2.49. The number of carbonyl (C=O) groups excluding carboxylic acids is 1. The lowest BCUT2D eigenvalue weighted by atomic mass is 10.00. The fraction of sp³-hybridized carbons (Fsp3) is 0.632. The van der Waals surface area contributed by atoms with Crippen molar-refractivity contribution in [2.24, 2.45) is 5.92 Å². The molecule has 4 heteroatoms. The van der Waals surface area contributed by atoms with Gasteiger partial charge in [-0.25, -0.2) is 0 Å². The Kier molecular flexibility index (Phi) is 6.90. The Bertz CT molecular complexity index is 487. The van der Waals surface area contributed by atoms with Crippen molar-refractivity contribution >= 4 is 5.91 Å². The zero-order chi connectivity index (χ0) is 16.7. The molecule has 2 rings (SSSR count). The lowest BCUT2D eigenvalue weighted by Crippen LogP contribution is -2.45. The molecule has 1 heterocycles. The van der Waals surface area contributed by atoms with Crippen LogP contribution in [0.5, 0.6) is 5.75 Å². The fourth-order valence-corrected chi connectivity index (χ4v) is 3.35. The first-order valence-electron chi connectivity index (χ1n) is 8.82. The fourth-order valence-electron chi connectivity index (χ4n) is 3.35. The van der Waals surface area contributed by atoms with Crippen LogP contribution in [0.3, 0.4) is 0 Å². The molecule has 0 saturated carbocycles. The van der Waals surface area contributed by atoms with Gasteiger partial charge in [0, 0.05) is 25.6 Å². The van der Waals surface area contributed by atoms with Gasteiger partial charge in [0.1, 0.15) is 5.75 Å². The molecule has 1 aliphatic heterocycles. The maximum atomic E-state index is 12.0. The maximum absolute atomic E-state index is 12.0. The molecular weight excluding hydrogens is 288 g/mol. The molecule has 0 aliphatic carbocycles. The van der Waals surface area contributed by atoms with Gasteiger partial charge in [0.15, 0.2) is 0 Å². The van der Waals surface area contributed by atoms with Gasteiger partial charge in [-0.2, -0.15) is 0 Å². The zero-order valence-electron chi connectivity index (χ0n) is 14.4. The van der Waals surface area contributed by atoms with Gasteiger partial charge >= 0.3 is 0 Å². The van der Waals surface area contributed by atoms with Crippen molar-refractivity contribution in [3.63, 3.8) is 0 Å². The normalized spacial score (nSPS) is 20.2. The number of nitrogens with zero attached hydrogens (tertiary/aromatic N) is 1. The highest BCUT2D eigenvalue weighted by Crippen LogP contribution is 2.15. The van der Waals surface area contributed by atoms with E-state index in [1.54, 1.807) is 12.1 Å². The van der Waals surface area contributed by atoms with Gasteiger partial charge in [0.05, 0.1) is 0 Å². The number of rotatable bonds is 7. The summed E-state index contributed by atoms with van der Waals surface area (Å²) in [6.07, 6.45) is 4.86. The molecule has 0 spiro atoms. The molecule has 0 aromatic heterocycles. The van der Waals surface area contributed by atoms with Crippen LogP contribution in [0.25, 0.3) is 0 Å². The van der Waals surface area contributed by atoms with Crippen molar-refractivity contribution in [3.8, 4) is 5.75 Å². The summed E-state index contributed by atoms with van der Waals surface area (Å²) in [6, 6.07) is 7.41. The Balaban J connectivity index is 1.62. The van der Waals surface area contributed by atoms with Crippen molar-refractivity contribution in [1.82, 2.24) is 10.2 Å². The monoisotopic (exact) mass is 318 g/mol. The van der Waals surface area contributed by atoms with Crippen LogP contribution in [0.1, 0.15) is 45.1 Å². The predicted molar refractivity (Wildman–Crippen MR) is 93.5 cm³/mol. The number of amides is 1. The number of phenolic OH excluding ortho intramolecular Hbond substituents is 1. The van der Waals surface area contributed by atoms with Crippen LogP contribution in [0.2, 0.25) is 0 Å². The molecule has 0 radical (unpaired) electrons. The summed E-state index contributed by atoms with van der Waals surface area (Å²) in [7, 11) is 0. The van der Waals surface area contributed by atoms with Gasteiger partial charge in [0.25, 0.3) is 0 Å². The number of phenols is 1. The van der Waals surface area contributed by atoms with E-state index >= 15 is 0 Å². The van der Waals surface area contributed by atoms with Gasteiger partial charge in [-0.05, 0) is 62.8 Å². The highest BCUT2D eigenvalue weighted by atomic mass is 16.3. The van der Waals surface area contributed by atoms with E-state index in [0.29, 0.717) is 6.42 Å². The van der Waals surface area contributed by atoms with E-state index in [0.717, 1.165) is 44.0 Å². The molecule has 1 amide bonds. The lowest BCUT2D eigenvalue weighted by Gasteiger charge is -2.32. The van der Waals surface area contributed by atoms with Crippen LogP contribution < -0.4 is 5.32 Å². The smallest absolute Gasteiger partial charge is 0.220 e. The molecule has 23 heavy (non-hydrogen) atoms. The molecule has 2 atom stereocenters. The SMILES string of the molecule is CC1CCCN(CC(C)NC(=O)CCCc2ccc(O)cc2)C1. The molecule has 128 valence electrons. The molecule has 1 fully saturated rings. The number of carbonyl (C=O) groups is 1. The van der Waals surface area contributed by atoms with Crippen LogP contribution in [0.4, 0.5) is 0 Å². The summed E-state index contributed by atoms with van der Waals surface area (Å²) in [4.78, 5) is 14.5. The van der Waals surface area contributed by atoms with Crippen LogP contribution in [0.15, 0.2) is 24.3 Å². The summed E-state index contributed by atoms with van der Waals surface area (Å²) in [5.74, 6) is 1.20. The molecule has 1 aliphatic rings. The Morgan fingerprint density at radius 2 is 2.13 bits per heavy atom. The van der Waals surface area contributed by atoms with E-state index in [-0.39, 0.29) is 17.7 Å². The van der Waals surface area contributed by atoms with E-state index in [4.69, 9.17) is 0 Å². The van der Waals surface area contributed by atoms with Crippen LogP contribution in [0, 0.1) is 5.92 Å². The van der Waals surface area contributed by atoms with Gasteiger partial charge in [-0.3, -0.25) is 4.79 Å². The van der Waals surface area contributed by atoms with Crippen molar-refractivity contribution in [2.75, 3.05) is 19.6 Å². The number of aromatic hydroxyl groups is 1. The minimum atomic E-state index is 0.140. The minimum Gasteiger partial charge on any atom is -0.508 e. The number of hydrogen-bond donors (Lipinski definition) is 2. The number of piperidine rings is 1. The molecule has 1 aromatic rings. The molecule has 2 N–H and O–H groups in total. The molecule has 2 unspecified atom stereocenters. The highest BCUT2D eigenvalue weighted by molar-refractivity contribution is 5.76. The number of aryl methyl sites for hydroxylation is 1. The lowest BCUT2D eigenvalue weighted by molar-refractivity contribution is -0.121. The first kappa shape index (κ1) is 17.8. The third kappa shape index (κ3) is 6.61. The van der Waals surface area contributed by atoms with Gasteiger partial charge in [-0.1, -0.05) is 19.1 Å². The number of nitrogens with one attached hydrogen (secondary N) is 1. The summed E-state index contributed by atoms with van der Waals surface area (Å²) < 4.78 is 0. The third-order valence-corrected chi connectivity index (χ3v) is 4.49. The largest absolute Gasteiger partial charge is 0.508 e. The second-order valence-corrected chi connectivity index (χ2v) is 7.00. The van der Waals surface area contributed by atoms with E-state index in [9.17, 15) is 9.90 Å². The summed E-state index contributed by atoms with van der Waals surface area (Å²) in [5, 5.41) is 12.4. The average molecular weight is 318 g/mol. The Morgan fingerprint density at radius 3 is 2.83 bits per heavy atom. The summed E-state index contributed by atoms with van der Waals surface area (Å²) in [5.41, 5.74) is 1.16. The highest BCUT2D eigenvalue weighted by Gasteiger charge is 2.18. The molecular formula is C19H30N2O2. The summed E-state index contributed by atoms with van der Waals surface area (Å²) >= 11 is 0. The molecule has 1 aromatic carbocycles. The third-order valence-electron chi connectivity index (χ3n) is 4.49. The summed E-state index contributed by atoms with van der Waals surface area (Å²) in [6.45, 7) is 7.66. The molecule has 0 bridgehead atoms. The number of hydrogen-bond acceptors (Lipinski definition) is 3. The first-order valence-corrected chi connectivity index (χ1v) is 8.82. The minimum absolute atomic E-state index is 0.140. The second kappa shape index (κ2) is 8.92. The maximum Gasteiger partial charge on any atom is 0.220 e. The van der Waals surface area contributed by atoms with Gasteiger partial charge in [0.2, 0.25) is 5.91 Å². The van der Waals surface area contributed by atoms with Crippen LogP contribution in [-0.2, 0) is 11.2 Å². The Hall–Kier alpha value is -1.55. The van der Waals surface area contributed by atoms with E-state index in [1.165, 1.54) is 12.8 Å².